The van der Waals surface area contributed by atoms with Crippen LogP contribution < -0.4 is 19.5 Å². The Kier molecular flexibility index (Phi) is 9.70. The Balaban J connectivity index is 1.68. The van der Waals surface area contributed by atoms with Gasteiger partial charge in [-0.25, -0.2) is 0 Å². The average Bonchev–Trinajstić information content (AvgIpc) is 2.81. The molecule has 1 atom stereocenters. The summed E-state index contributed by atoms with van der Waals surface area (Å²) in [5.74, 6) is 1.73. The van der Waals surface area contributed by atoms with Crippen molar-refractivity contribution in [3.8, 4) is 17.2 Å². The molecule has 2 N–H and O–H groups in total. The van der Waals surface area contributed by atoms with E-state index in [0.29, 0.717) is 53.1 Å². The molecule has 0 saturated carbocycles. The number of aliphatic hydroxyl groups is 1. The largest absolute Gasteiger partial charge is 0.491 e. The quantitative estimate of drug-likeness (QED) is 0.332. The van der Waals surface area contributed by atoms with E-state index in [4.69, 9.17) is 37.4 Å². The second kappa shape index (κ2) is 12.7. The summed E-state index contributed by atoms with van der Waals surface area (Å²) in [5, 5.41) is 14.7. The van der Waals surface area contributed by atoms with Crippen molar-refractivity contribution in [2.24, 2.45) is 0 Å². The van der Waals surface area contributed by atoms with E-state index in [-0.39, 0.29) is 6.61 Å². The highest BCUT2D eigenvalue weighted by molar-refractivity contribution is 6.30. The Morgan fingerprint density at radius 1 is 0.758 bits per heavy atom. The summed E-state index contributed by atoms with van der Waals surface area (Å²) in [6.45, 7) is 5.40. The van der Waals surface area contributed by atoms with Crippen LogP contribution in [0.15, 0.2) is 66.7 Å². The number of aliphatic hydroxyl groups excluding tert-OH is 1. The van der Waals surface area contributed by atoms with Gasteiger partial charge < -0.3 is 24.6 Å². The van der Waals surface area contributed by atoms with Crippen LogP contribution in [0.4, 0.5) is 0 Å². The van der Waals surface area contributed by atoms with Gasteiger partial charge in [0.2, 0.25) is 0 Å². The lowest BCUT2D eigenvalue weighted by atomic mass is 10.2. The van der Waals surface area contributed by atoms with Crippen LogP contribution in [-0.2, 0) is 13.2 Å². The third-order valence-electron chi connectivity index (χ3n) is 4.73. The first-order valence-electron chi connectivity index (χ1n) is 10.8. The number of hydrogen-bond acceptors (Lipinski definition) is 5. The molecule has 3 aromatic carbocycles. The lowest BCUT2D eigenvalue weighted by Gasteiger charge is -2.17. The Labute approximate surface area is 205 Å². The molecule has 0 saturated heterocycles. The first-order valence-corrected chi connectivity index (χ1v) is 11.6. The fourth-order valence-electron chi connectivity index (χ4n) is 2.92. The number of benzene rings is 3. The van der Waals surface area contributed by atoms with Crippen LogP contribution in [0.1, 0.15) is 25.0 Å². The van der Waals surface area contributed by atoms with E-state index in [2.05, 4.69) is 5.32 Å². The summed E-state index contributed by atoms with van der Waals surface area (Å²) >= 11 is 11.9. The molecular weight excluding hydrogens is 461 g/mol. The minimum atomic E-state index is -0.619. The summed E-state index contributed by atoms with van der Waals surface area (Å²) < 4.78 is 17.8. The van der Waals surface area contributed by atoms with Crippen molar-refractivity contribution in [2.45, 2.75) is 39.2 Å². The molecule has 0 radical (unpaired) electrons. The minimum Gasteiger partial charge on any atom is -0.491 e. The second-order valence-corrected chi connectivity index (χ2v) is 8.84. The van der Waals surface area contributed by atoms with Crippen molar-refractivity contribution in [1.82, 2.24) is 5.32 Å². The number of hydrogen-bond donors (Lipinski definition) is 2. The standard InChI is InChI=1S/C26H29Cl2NO4/c1-18(2)29-14-23(30)17-31-24-11-12-25(32-15-19-3-7-21(27)8-4-19)26(13-24)33-16-20-5-9-22(28)10-6-20/h3-13,18,23,29-30H,14-17H2,1-2H3/t23-/m1/s1. The molecule has 0 unspecified atom stereocenters. The molecule has 0 heterocycles. The van der Waals surface area contributed by atoms with Crippen LogP contribution in [0.25, 0.3) is 0 Å². The third kappa shape index (κ3) is 8.78. The van der Waals surface area contributed by atoms with Crippen LogP contribution in [0.3, 0.4) is 0 Å². The van der Waals surface area contributed by atoms with E-state index >= 15 is 0 Å². The lowest BCUT2D eigenvalue weighted by Crippen LogP contribution is -2.35. The molecule has 5 nitrogen and oxygen atoms in total. The van der Waals surface area contributed by atoms with Crippen molar-refractivity contribution in [1.29, 1.82) is 0 Å². The summed E-state index contributed by atoms with van der Waals surface area (Å²) in [6, 6.07) is 20.6. The zero-order chi connectivity index (χ0) is 23.6. The van der Waals surface area contributed by atoms with Crippen LogP contribution in [0.5, 0.6) is 17.2 Å². The van der Waals surface area contributed by atoms with Gasteiger partial charge in [-0.2, -0.15) is 0 Å². The van der Waals surface area contributed by atoms with Crippen molar-refractivity contribution >= 4 is 23.2 Å². The Bertz CT molecular complexity index is 994. The molecule has 0 spiro atoms. The summed E-state index contributed by atoms with van der Waals surface area (Å²) in [4.78, 5) is 0. The van der Waals surface area contributed by atoms with Crippen LogP contribution in [-0.4, -0.2) is 30.4 Å². The third-order valence-corrected chi connectivity index (χ3v) is 5.24. The summed E-state index contributed by atoms with van der Waals surface area (Å²) in [5.41, 5.74) is 1.97. The zero-order valence-electron chi connectivity index (χ0n) is 18.8. The molecule has 3 rings (SSSR count). The molecule has 0 aromatic heterocycles. The molecule has 0 aliphatic heterocycles. The molecule has 0 aliphatic carbocycles. The van der Waals surface area contributed by atoms with E-state index in [1.807, 2.05) is 62.4 Å². The highest BCUT2D eigenvalue weighted by Crippen LogP contribution is 2.33. The summed E-state index contributed by atoms with van der Waals surface area (Å²) in [6.07, 6.45) is -0.619. The van der Waals surface area contributed by atoms with E-state index in [1.165, 1.54) is 0 Å². The fourth-order valence-corrected chi connectivity index (χ4v) is 3.17. The topological polar surface area (TPSA) is 60.0 Å². The predicted molar refractivity (Wildman–Crippen MR) is 133 cm³/mol. The van der Waals surface area contributed by atoms with Crippen LogP contribution in [0.2, 0.25) is 10.0 Å². The Morgan fingerprint density at radius 2 is 1.30 bits per heavy atom. The molecule has 0 fully saturated rings. The monoisotopic (exact) mass is 489 g/mol. The van der Waals surface area contributed by atoms with Gasteiger partial charge in [0, 0.05) is 28.7 Å². The van der Waals surface area contributed by atoms with E-state index < -0.39 is 6.10 Å². The van der Waals surface area contributed by atoms with Gasteiger partial charge in [0.15, 0.2) is 11.5 Å². The van der Waals surface area contributed by atoms with E-state index in [0.717, 1.165) is 11.1 Å². The van der Waals surface area contributed by atoms with Gasteiger partial charge in [-0.1, -0.05) is 61.3 Å². The normalized spacial score (nSPS) is 11.9. The van der Waals surface area contributed by atoms with Crippen LogP contribution in [0, 0.1) is 0 Å². The van der Waals surface area contributed by atoms with Crippen LogP contribution >= 0.6 is 23.2 Å². The van der Waals surface area contributed by atoms with Crippen molar-refractivity contribution in [3.05, 3.63) is 87.9 Å². The maximum Gasteiger partial charge on any atom is 0.165 e. The minimum absolute atomic E-state index is 0.168. The van der Waals surface area contributed by atoms with Gasteiger partial charge in [0.25, 0.3) is 0 Å². The molecule has 0 bridgehead atoms. The molecule has 7 heteroatoms. The highest BCUT2D eigenvalue weighted by Gasteiger charge is 2.11. The number of ether oxygens (including phenoxy) is 3. The number of nitrogens with one attached hydrogen (secondary N) is 1. The number of halogens is 2. The van der Waals surface area contributed by atoms with Crippen molar-refractivity contribution < 1.29 is 19.3 Å². The Morgan fingerprint density at radius 3 is 1.85 bits per heavy atom. The maximum absolute atomic E-state index is 10.1. The SMILES string of the molecule is CC(C)NC[C@@H](O)COc1ccc(OCc2ccc(Cl)cc2)c(OCc2ccc(Cl)cc2)c1. The van der Waals surface area contributed by atoms with E-state index in [9.17, 15) is 5.11 Å². The first kappa shape index (κ1) is 25.2. The molecule has 0 aliphatic rings. The van der Waals surface area contributed by atoms with Gasteiger partial charge in [-0.15, -0.1) is 0 Å². The Hall–Kier alpha value is -2.44. The fraction of sp³-hybridized carbons (Fsp3) is 0.308. The average molecular weight is 490 g/mol. The lowest BCUT2D eigenvalue weighted by molar-refractivity contribution is 0.104. The molecule has 3 aromatic rings. The zero-order valence-corrected chi connectivity index (χ0v) is 20.3. The van der Waals surface area contributed by atoms with Gasteiger partial charge >= 0.3 is 0 Å². The first-order chi connectivity index (χ1) is 15.9. The smallest absolute Gasteiger partial charge is 0.165 e. The molecule has 176 valence electrons. The maximum atomic E-state index is 10.1. The van der Waals surface area contributed by atoms with Gasteiger partial charge in [-0.3, -0.25) is 0 Å². The second-order valence-electron chi connectivity index (χ2n) is 7.97. The van der Waals surface area contributed by atoms with Gasteiger partial charge in [0.05, 0.1) is 0 Å². The number of rotatable bonds is 12. The highest BCUT2D eigenvalue weighted by atomic mass is 35.5. The van der Waals surface area contributed by atoms with Gasteiger partial charge in [0.1, 0.15) is 31.7 Å². The molecule has 33 heavy (non-hydrogen) atoms. The molecule has 0 amide bonds. The van der Waals surface area contributed by atoms with Gasteiger partial charge in [-0.05, 0) is 47.5 Å². The predicted octanol–water partition coefficient (Wildman–Crippen LogP) is 5.89. The molecular formula is C26H29Cl2NO4. The van der Waals surface area contributed by atoms with Crippen molar-refractivity contribution in [3.63, 3.8) is 0 Å². The van der Waals surface area contributed by atoms with Crippen molar-refractivity contribution in [2.75, 3.05) is 13.2 Å². The van der Waals surface area contributed by atoms with E-state index in [1.54, 1.807) is 18.2 Å². The summed E-state index contributed by atoms with van der Waals surface area (Å²) in [7, 11) is 0.